The second-order valence-electron chi connectivity index (χ2n) is 7.44. The van der Waals surface area contributed by atoms with E-state index in [0.717, 1.165) is 55.0 Å². The summed E-state index contributed by atoms with van der Waals surface area (Å²) in [4.78, 5) is 6.96. The molecule has 1 aliphatic carbocycles. The van der Waals surface area contributed by atoms with Gasteiger partial charge in [-0.25, -0.2) is 4.98 Å². The van der Waals surface area contributed by atoms with Crippen LogP contribution in [0.2, 0.25) is 0 Å². The first-order valence-corrected chi connectivity index (χ1v) is 10.2. The summed E-state index contributed by atoms with van der Waals surface area (Å²) in [6.07, 6.45) is 4.26. The summed E-state index contributed by atoms with van der Waals surface area (Å²) in [5.41, 5.74) is 1.08. The van der Waals surface area contributed by atoms with Crippen LogP contribution in [0.1, 0.15) is 42.7 Å². The first kappa shape index (κ1) is 17.9. The van der Waals surface area contributed by atoms with Crippen molar-refractivity contribution >= 4 is 17.3 Å². The van der Waals surface area contributed by atoms with Gasteiger partial charge in [-0.3, -0.25) is 4.57 Å². The van der Waals surface area contributed by atoms with Gasteiger partial charge in [-0.05, 0) is 33.1 Å². The fraction of sp³-hybridized carbons (Fsp3) is 0.722. The normalized spacial score (nSPS) is 22.0. The molecule has 1 unspecified atom stereocenters. The van der Waals surface area contributed by atoms with E-state index in [-0.39, 0.29) is 5.60 Å². The minimum atomic E-state index is 0.0249. The highest BCUT2D eigenvalue weighted by molar-refractivity contribution is 7.09. The number of morpholine rings is 1. The number of methoxy groups -OCH3 is 1. The lowest BCUT2D eigenvalue weighted by Crippen LogP contribution is -2.59. The molecule has 1 saturated carbocycles. The standard InChI is InChI=1S/C18H27N5O2S/c1-13-11-26-16(19-13)9-15-20-21-17(22(15)7-8-24-3)23-12-18(5-4-6-18)25-10-14(23)2/h11,14H,4-10,12H2,1-3H3. The Morgan fingerprint density at radius 2 is 2.23 bits per heavy atom. The van der Waals surface area contributed by atoms with E-state index in [1.807, 2.05) is 6.92 Å². The fourth-order valence-electron chi connectivity index (χ4n) is 3.74. The van der Waals surface area contributed by atoms with Crippen molar-refractivity contribution in [2.75, 3.05) is 31.8 Å². The zero-order valence-electron chi connectivity index (χ0n) is 15.8. The predicted octanol–water partition coefficient (Wildman–Crippen LogP) is 2.43. The van der Waals surface area contributed by atoms with Gasteiger partial charge in [0.25, 0.3) is 0 Å². The van der Waals surface area contributed by atoms with Gasteiger partial charge in [-0.1, -0.05) is 0 Å². The second-order valence-corrected chi connectivity index (χ2v) is 8.39. The van der Waals surface area contributed by atoms with Crippen molar-refractivity contribution in [2.45, 2.75) is 57.7 Å². The highest BCUT2D eigenvalue weighted by Gasteiger charge is 2.45. The molecule has 3 heterocycles. The molecule has 142 valence electrons. The molecule has 0 bridgehead atoms. The van der Waals surface area contributed by atoms with Gasteiger partial charge in [-0.15, -0.1) is 21.5 Å². The summed E-state index contributed by atoms with van der Waals surface area (Å²) in [5, 5.41) is 12.2. The molecule has 4 rings (SSSR count). The number of aromatic nitrogens is 4. The third kappa shape index (κ3) is 3.37. The minimum absolute atomic E-state index is 0.0249. The fourth-order valence-corrected chi connectivity index (χ4v) is 4.51. The van der Waals surface area contributed by atoms with Crippen molar-refractivity contribution in [2.24, 2.45) is 0 Å². The Kier molecular flexibility index (Phi) is 4.98. The Morgan fingerprint density at radius 3 is 2.88 bits per heavy atom. The predicted molar refractivity (Wildman–Crippen MR) is 101 cm³/mol. The smallest absolute Gasteiger partial charge is 0.227 e. The Bertz CT molecular complexity index is 755. The molecule has 1 saturated heterocycles. The molecule has 0 radical (unpaired) electrons. The average Bonchev–Trinajstić information content (AvgIpc) is 3.19. The molecule has 1 aliphatic heterocycles. The van der Waals surface area contributed by atoms with E-state index in [1.54, 1.807) is 18.4 Å². The van der Waals surface area contributed by atoms with Crippen LogP contribution in [0.25, 0.3) is 0 Å². The molecule has 2 fully saturated rings. The first-order chi connectivity index (χ1) is 12.6. The summed E-state index contributed by atoms with van der Waals surface area (Å²) >= 11 is 1.68. The van der Waals surface area contributed by atoms with Gasteiger partial charge < -0.3 is 14.4 Å². The van der Waals surface area contributed by atoms with Crippen molar-refractivity contribution < 1.29 is 9.47 Å². The zero-order valence-corrected chi connectivity index (χ0v) is 16.6. The van der Waals surface area contributed by atoms with Crippen LogP contribution in [-0.4, -0.2) is 58.3 Å². The van der Waals surface area contributed by atoms with Crippen molar-refractivity contribution in [3.63, 3.8) is 0 Å². The molecule has 1 atom stereocenters. The minimum Gasteiger partial charge on any atom is -0.383 e. The number of nitrogens with zero attached hydrogens (tertiary/aromatic N) is 5. The first-order valence-electron chi connectivity index (χ1n) is 9.33. The lowest BCUT2D eigenvalue weighted by Gasteiger charge is -2.50. The molecule has 0 aromatic carbocycles. The number of hydrogen-bond acceptors (Lipinski definition) is 7. The molecule has 0 amide bonds. The lowest BCUT2D eigenvalue weighted by molar-refractivity contribution is -0.117. The van der Waals surface area contributed by atoms with Gasteiger partial charge in [0.15, 0.2) is 0 Å². The molecular weight excluding hydrogens is 350 g/mol. The van der Waals surface area contributed by atoms with Crippen molar-refractivity contribution in [3.8, 4) is 0 Å². The maximum Gasteiger partial charge on any atom is 0.227 e. The van der Waals surface area contributed by atoms with Gasteiger partial charge in [0, 0.05) is 18.2 Å². The van der Waals surface area contributed by atoms with E-state index in [9.17, 15) is 0 Å². The van der Waals surface area contributed by atoms with Crippen LogP contribution in [0, 0.1) is 6.92 Å². The molecule has 0 N–H and O–H groups in total. The van der Waals surface area contributed by atoms with Crippen LogP contribution in [0.5, 0.6) is 0 Å². The van der Waals surface area contributed by atoms with Crippen LogP contribution in [0.4, 0.5) is 5.95 Å². The topological polar surface area (TPSA) is 65.3 Å². The van der Waals surface area contributed by atoms with E-state index in [4.69, 9.17) is 9.47 Å². The molecule has 2 aromatic rings. The molecule has 2 aromatic heterocycles. The van der Waals surface area contributed by atoms with E-state index >= 15 is 0 Å². The Labute approximate surface area is 158 Å². The molecule has 1 spiro atoms. The summed E-state index contributed by atoms with van der Waals surface area (Å²) in [7, 11) is 1.73. The number of rotatable bonds is 6. The van der Waals surface area contributed by atoms with Crippen molar-refractivity contribution in [3.05, 3.63) is 21.9 Å². The third-order valence-corrected chi connectivity index (χ3v) is 6.41. The Hall–Kier alpha value is -1.51. The largest absolute Gasteiger partial charge is 0.383 e. The van der Waals surface area contributed by atoms with Gasteiger partial charge >= 0.3 is 0 Å². The van der Waals surface area contributed by atoms with Gasteiger partial charge in [0.05, 0.1) is 44.4 Å². The highest BCUT2D eigenvalue weighted by Crippen LogP contribution is 2.40. The van der Waals surface area contributed by atoms with Gasteiger partial charge in [0.2, 0.25) is 5.95 Å². The highest BCUT2D eigenvalue weighted by atomic mass is 32.1. The van der Waals surface area contributed by atoms with Gasteiger partial charge in [0.1, 0.15) is 10.8 Å². The summed E-state index contributed by atoms with van der Waals surface area (Å²) in [6, 6.07) is 0.293. The second kappa shape index (κ2) is 7.25. The SMILES string of the molecule is COCCn1c(Cc2nc(C)cs2)nnc1N1CC2(CCC2)OCC1C. The van der Waals surface area contributed by atoms with E-state index in [1.165, 1.54) is 6.42 Å². The van der Waals surface area contributed by atoms with E-state index in [2.05, 4.69) is 37.0 Å². The quantitative estimate of drug-likeness (QED) is 0.770. The number of aryl methyl sites for hydroxylation is 1. The molecular formula is C18H27N5O2S. The van der Waals surface area contributed by atoms with Gasteiger partial charge in [-0.2, -0.15) is 0 Å². The maximum absolute atomic E-state index is 6.16. The van der Waals surface area contributed by atoms with Crippen LogP contribution in [0.3, 0.4) is 0 Å². The third-order valence-electron chi connectivity index (χ3n) is 5.45. The molecule has 7 nitrogen and oxygen atoms in total. The van der Waals surface area contributed by atoms with E-state index in [0.29, 0.717) is 19.1 Å². The van der Waals surface area contributed by atoms with Crippen molar-refractivity contribution in [1.29, 1.82) is 0 Å². The lowest BCUT2D eigenvalue weighted by atomic mass is 9.78. The molecule has 8 heteroatoms. The molecule has 26 heavy (non-hydrogen) atoms. The number of ether oxygens (including phenoxy) is 2. The summed E-state index contributed by atoms with van der Waals surface area (Å²) in [6.45, 7) is 7.25. The van der Waals surface area contributed by atoms with Crippen LogP contribution in [0.15, 0.2) is 5.38 Å². The summed E-state index contributed by atoms with van der Waals surface area (Å²) in [5.74, 6) is 1.89. The number of thiazole rings is 1. The van der Waals surface area contributed by atoms with Crippen LogP contribution < -0.4 is 4.90 Å². The zero-order chi connectivity index (χ0) is 18.1. The van der Waals surface area contributed by atoms with Crippen molar-refractivity contribution in [1.82, 2.24) is 19.7 Å². The maximum atomic E-state index is 6.16. The average molecular weight is 378 g/mol. The monoisotopic (exact) mass is 377 g/mol. The Balaban J connectivity index is 1.61. The molecule has 2 aliphatic rings. The summed E-state index contributed by atoms with van der Waals surface area (Å²) < 4.78 is 13.7. The Morgan fingerprint density at radius 1 is 1.38 bits per heavy atom. The van der Waals surface area contributed by atoms with E-state index < -0.39 is 0 Å². The van der Waals surface area contributed by atoms with Crippen LogP contribution >= 0.6 is 11.3 Å². The van der Waals surface area contributed by atoms with Crippen LogP contribution in [-0.2, 0) is 22.4 Å². The number of anilines is 1. The number of hydrogen-bond donors (Lipinski definition) is 0.